The van der Waals surface area contributed by atoms with Crippen LogP contribution >= 0.6 is 11.8 Å². The van der Waals surface area contributed by atoms with Crippen LogP contribution in [0.25, 0.3) is 0 Å². The number of hydrogen-bond donors (Lipinski definition) is 2. The minimum absolute atomic E-state index is 0.0647. The van der Waals surface area contributed by atoms with E-state index >= 15 is 0 Å². The van der Waals surface area contributed by atoms with Crippen molar-refractivity contribution in [2.24, 2.45) is 0 Å². The highest BCUT2D eigenvalue weighted by Gasteiger charge is 2.09. The Morgan fingerprint density at radius 3 is 2.95 bits per heavy atom. The fourth-order valence-electron chi connectivity index (χ4n) is 1.71. The van der Waals surface area contributed by atoms with Crippen molar-refractivity contribution in [2.45, 2.75) is 11.4 Å². The number of anilines is 1. The second kappa shape index (κ2) is 6.29. The van der Waals surface area contributed by atoms with Gasteiger partial charge in [-0.25, -0.2) is 0 Å². The van der Waals surface area contributed by atoms with Crippen LogP contribution in [0.1, 0.15) is 10.4 Å². The number of nitrogens with one attached hydrogen (secondary N) is 1. The van der Waals surface area contributed by atoms with E-state index in [1.54, 1.807) is 28.8 Å². The molecule has 0 saturated carbocycles. The zero-order chi connectivity index (χ0) is 13.7. The molecule has 0 saturated heterocycles. The highest BCUT2D eigenvalue weighted by Crippen LogP contribution is 2.19. The molecule has 0 aliphatic rings. The zero-order valence-electron chi connectivity index (χ0n) is 10.7. The van der Waals surface area contributed by atoms with Crippen LogP contribution < -0.4 is 11.1 Å². The molecule has 2 aromatic rings. The van der Waals surface area contributed by atoms with Gasteiger partial charge in [0.25, 0.3) is 5.91 Å². The molecule has 1 aromatic carbocycles. The number of nitrogen functional groups attached to an aromatic ring is 1. The maximum Gasteiger partial charge on any atom is 0.252 e. The van der Waals surface area contributed by atoms with E-state index in [9.17, 15) is 4.79 Å². The van der Waals surface area contributed by atoms with Crippen LogP contribution in [-0.2, 0) is 6.54 Å². The molecule has 0 spiro atoms. The van der Waals surface area contributed by atoms with Crippen LogP contribution in [0.5, 0.6) is 0 Å². The average Bonchev–Trinajstić information content (AvgIpc) is 2.84. The first-order valence-corrected chi connectivity index (χ1v) is 7.12. The van der Waals surface area contributed by atoms with E-state index in [1.807, 2.05) is 30.5 Å². The highest BCUT2D eigenvalue weighted by atomic mass is 32.2. The molecule has 0 aliphatic heterocycles. The predicted octanol–water partition coefficient (Wildman–Crippen LogP) is 1.62. The Balaban J connectivity index is 1.90. The van der Waals surface area contributed by atoms with E-state index in [1.165, 1.54) is 0 Å². The van der Waals surface area contributed by atoms with E-state index in [0.29, 0.717) is 24.3 Å². The van der Waals surface area contributed by atoms with Gasteiger partial charge in [-0.1, -0.05) is 12.1 Å². The van der Waals surface area contributed by atoms with Crippen LogP contribution in [0, 0.1) is 0 Å². The van der Waals surface area contributed by atoms with Gasteiger partial charge in [-0.2, -0.15) is 5.10 Å². The number of thioether (sulfide) groups is 1. The summed E-state index contributed by atoms with van der Waals surface area (Å²) in [7, 11) is 0. The standard InChI is InChI=1S/C13H16N4OS/c1-19-12-5-3-2-4-11(12)13(18)15-6-7-17-9-10(14)8-16-17/h2-5,8-9H,6-7,14H2,1H3,(H,15,18). The first-order chi connectivity index (χ1) is 9.20. The normalized spacial score (nSPS) is 10.4. The van der Waals surface area contributed by atoms with E-state index in [0.717, 1.165) is 4.90 Å². The number of hydrogen-bond acceptors (Lipinski definition) is 4. The van der Waals surface area contributed by atoms with Crippen LogP contribution in [0.4, 0.5) is 5.69 Å². The lowest BCUT2D eigenvalue weighted by atomic mass is 10.2. The Morgan fingerprint density at radius 2 is 2.26 bits per heavy atom. The van der Waals surface area contributed by atoms with Gasteiger partial charge in [0.05, 0.1) is 24.0 Å². The number of amides is 1. The molecular formula is C13H16N4OS. The molecule has 0 unspecified atom stereocenters. The summed E-state index contributed by atoms with van der Waals surface area (Å²) in [5, 5.41) is 6.93. The Labute approximate surface area is 116 Å². The van der Waals surface area contributed by atoms with Crippen molar-refractivity contribution < 1.29 is 4.79 Å². The SMILES string of the molecule is CSc1ccccc1C(=O)NCCn1cc(N)cn1. The number of nitrogens with zero attached hydrogens (tertiary/aromatic N) is 2. The van der Waals surface area contributed by atoms with Crippen LogP contribution in [0.3, 0.4) is 0 Å². The molecule has 1 aromatic heterocycles. The molecule has 19 heavy (non-hydrogen) atoms. The Bertz CT molecular complexity index is 567. The fraction of sp³-hybridized carbons (Fsp3) is 0.231. The predicted molar refractivity (Wildman–Crippen MR) is 77.2 cm³/mol. The lowest BCUT2D eigenvalue weighted by Gasteiger charge is -2.08. The molecule has 0 atom stereocenters. The first-order valence-electron chi connectivity index (χ1n) is 5.90. The smallest absolute Gasteiger partial charge is 0.252 e. The van der Waals surface area contributed by atoms with Gasteiger partial charge in [0.2, 0.25) is 0 Å². The van der Waals surface area contributed by atoms with Gasteiger partial charge in [-0.15, -0.1) is 11.8 Å². The summed E-state index contributed by atoms with van der Waals surface area (Å²) in [6, 6.07) is 7.55. The monoisotopic (exact) mass is 276 g/mol. The van der Waals surface area contributed by atoms with Gasteiger partial charge in [0, 0.05) is 17.6 Å². The number of aromatic nitrogens is 2. The third-order valence-corrected chi connectivity index (χ3v) is 3.43. The van der Waals surface area contributed by atoms with Crippen LogP contribution in [0.2, 0.25) is 0 Å². The molecule has 5 nitrogen and oxygen atoms in total. The van der Waals surface area contributed by atoms with Gasteiger partial charge >= 0.3 is 0 Å². The summed E-state index contributed by atoms with van der Waals surface area (Å²) in [4.78, 5) is 13.0. The van der Waals surface area contributed by atoms with Crippen molar-refractivity contribution in [1.29, 1.82) is 0 Å². The molecule has 6 heteroatoms. The van der Waals surface area contributed by atoms with Gasteiger partial charge < -0.3 is 11.1 Å². The van der Waals surface area contributed by atoms with Crippen LogP contribution in [-0.4, -0.2) is 28.5 Å². The topological polar surface area (TPSA) is 72.9 Å². The molecule has 3 N–H and O–H groups in total. The molecule has 100 valence electrons. The lowest BCUT2D eigenvalue weighted by Crippen LogP contribution is -2.27. The van der Waals surface area contributed by atoms with E-state index in [-0.39, 0.29) is 5.91 Å². The summed E-state index contributed by atoms with van der Waals surface area (Å²) in [6.45, 7) is 1.12. The minimum atomic E-state index is -0.0647. The maximum atomic E-state index is 12.0. The summed E-state index contributed by atoms with van der Waals surface area (Å²) < 4.78 is 1.70. The van der Waals surface area contributed by atoms with Gasteiger partial charge in [-0.3, -0.25) is 9.48 Å². The number of rotatable bonds is 5. The van der Waals surface area contributed by atoms with Gasteiger partial charge in [0.15, 0.2) is 0 Å². The number of nitrogens with two attached hydrogens (primary N) is 1. The van der Waals surface area contributed by atoms with E-state index in [4.69, 9.17) is 5.73 Å². The average molecular weight is 276 g/mol. The van der Waals surface area contributed by atoms with E-state index < -0.39 is 0 Å². The summed E-state index contributed by atoms with van der Waals surface area (Å²) >= 11 is 1.56. The minimum Gasteiger partial charge on any atom is -0.396 e. The van der Waals surface area contributed by atoms with Crippen molar-refractivity contribution in [3.8, 4) is 0 Å². The Kier molecular flexibility index (Phi) is 4.46. The lowest BCUT2D eigenvalue weighted by molar-refractivity contribution is 0.0949. The largest absolute Gasteiger partial charge is 0.396 e. The van der Waals surface area contributed by atoms with Crippen molar-refractivity contribution in [1.82, 2.24) is 15.1 Å². The quantitative estimate of drug-likeness (QED) is 0.814. The highest BCUT2D eigenvalue weighted by molar-refractivity contribution is 7.98. The molecule has 0 aliphatic carbocycles. The van der Waals surface area contributed by atoms with E-state index in [2.05, 4.69) is 10.4 Å². The molecule has 2 rings (SSSR count). The molecule has 1 amide bonds. The third-order valence-electron chi connectivity index (χ3n) is 2.63. The van der Waals surface area contributed by atoms with Gasteiger partial charge in [0.1, 0.15) is 0 Å². The molecule has 0 bridgehead atoms. The third kappa shape index (κ3) is 3.51. The number of carbonyl (C=O) groups is 1. The summed E-state index contributed by atoms with van der Waals surface area (Å²) in [5.41, 5.74) is 6.89. The Hall–Kier alpha value is -1.95. The summed E-state index contributed by atoms with van der Waals surface area (Å²) in [5.74, 6) is -0.0647. The van der Waals surface area contributed by atoms with Crippen molar-refractivity contribution in [3.63, 3.8) is 0 Å². The number of carbonyl (C=O) groups excluding carboxylic acids is 1. The van der Waals surface area contributed by atoms with Gasteiger partial charge in [-0.05, 0) is 18.4 Å². The number of benzene rings is 1. The van der Waals surface area contributed by atoms with Crippen molar-refractivity contribution in [2.75, 3.05) is 18.5 Å². The molecule has 0 fully saturated rings. The fourth-order valence-corrected chi connectivity index (χ4v) is 2.31. The molecule has 1 heterocycles. The Morgan fingerprint density at radius 1 is 1.47 bits per heavy atom. The molecular weight excluding hydrogens is 260 g/mol. The first kappa shape index (κ1) is 13.5. The van der Waals surface area contributed by atoms with Crippen LogP contribution in [0.15, 0.2) is 41.6 Å². The van der Waals surface area contributed by atoms with Crippen molar-refractivity contribution in [3.05, 3.63) is 42.2 Å². The second-order valence-corrected chi connectivity index (χ2v) is 4.84. The summed E-state index contributed by atoms with van der Waals surface area (Å²) in [6.07, 6.45) is 5.28. The molecule has 0 radical (unpaired) electrons. The maximum absolute atomic E-state index is 12.0. The zero-order valence-corrected chi connectivity index (χ0v) is 11.5. The second-order valence-electron chi connectivity index (χ2n) is 3.99. The van der Waals surface area contributed by atoms with Crippen molar-refractivity contribution >= 4 is 23.4 Å².